The molecule has 1 aromatic carbocycles. The Morgan fingerprint density at radius 1 is 1.23 bits per heavy atom. The Morgan fingerprint density at radius 2 is 1.97 bits per heavy atom. The summed E-state index contributed by atoms with van der Waals surface area (Å²) in [5, 5.41) is 2.18. The van der Waals surface area contributed by atoms with Gasteiger partial charge in [0.2, 0.25) is 5.91 Å². The minimum Gasteiger partial charge on any atom is -0.490 e. The van der Waals surface area contributed by atoms with Crippen LogP contribution in [0.15, 0.2) is 30.4 Å². The molecule has 0 saturated carbocycles. The molecule has 3 amide bonds. The van der Waals surface area contributed by atoms with E-state index in [2.05, 4.69) is 5.32 Å². The van der Waals surface area contributed by atoms with Crippen LogP contribution in [0.1, 0.15) is 38.7 Å². The fourth-order valence-electron chi connectivity index (χ4n) is 2.95. The first-order chi connectivity index (χ1) is 14.1. The Hall–Kier alpha value is -2.42. The molecule has 166 valence electrons. The van der Waals surface area contributed by atoms with Gasteiger partial charge in [-0.3, -0.25) is 10.1 Å². The van der Waals surface area contributed by atoms with Crippen molar-refractivity contribution in [1.82, 2.24) is 10.2 Å². The van der Waals surface area contributed by atoms with Crippen molar-refractivity contribution in [3.05, 3.63) is 41.7 Å². The molecule has 9 heteroatoms. The van der Waals surface area contributed by atoms with E-state index in [-0.39, 0.29) is 48.1 Å². The van der Waals surface area contributed by atoms with Crippen LogP contribution in [-0.4, -0.2) is 56.5 Å². The Kier molecular flexibility index (Phi) is 8.40. The molecule has 0 spiro atoms. The molecule has 1 aliphatic heterocycles. The predicted molar refractivity (Wildman–Crippen MR) is 113 cm³/mol. The largest absolute Gasteiger partial charge is 0.490 e. The molecule has 7 nitrogen and oxygen atoms in total. The van der Waals surface area contributed by atoms with Crippen molar-refractivity contribution >= 4 is 21.8 Å². The van der Waals surface area contributed by atoms with Gasteiger partial charge in [0.25, 0.3) is 0 Å². The van der Waals surface area contributed by atoms with Crippen LogP contribution in [0.25, 0.3) is 0 Å². The molecule has 0 aliphatic carbocycles. The highest BCUT2D eigenvalue weighted by molar-refractivity contribution is 7.91. The highest BCUT2D eigenvalue weighted by atomic mass is 32.2. The number of urea groups is 1. The zero-order valence-electron chi connectivity index (χ0n) is 17.6. The number of halogens is 1. The molecule has 1 atom stereocenters. The van der Waals surface area contributed by atoms with Crippen molar-refractivity contribution in [2.75, 3.05) is 31.2 Å². The average Bonchev–Trinajstić information content (AvgIpc) is 2.97. The second kappa shape index (κ2) is 10.6. The fourth-order valence-corrected chi connectivity index (χ4v) is 4.57. The molecule has 1 fully saturated rings. The zero-order chi connectivity index (χ0) is 22.3. The van der Waals surface area contributed by atoms with Gasteiger partial charge in [0.15, 0.2) is 21.4 Å². The number of carbonyl (C=O) groups is 2. The fraction of sp³-hybridized carbons (Fsp3) is 0.524. The molecule has 1 aliphatic rings. The first kappa shape index (κ1) is 23.9. The summed E-state index contributed by atoms with van der Waals surface area (Å²) in [6, 6.07) is 4.01. The SMILES string of the molecule is CC(C)COc1cc([C@@H](C)CS(=O)(=O)CC/C=C/CN2CC(=O)NC2=O)ccc1F. The normalized spacial score (nSPS) is 15.8. The van der Waals surface area contributed by atoms with Crippen molar-refractivity contribution in [3.63, 3.8) is 0 Å². The Balaban J connectivity index is 1.85. The van der Waals surface area contributed by atoms with Crippen LogP contribution >= 0.6 is 0 Å². The summed E-state index contributed by atoms with van der Waals surface area (Å²) in [6.45, 7) is 6.36. The summed E-state index contributed by atoms with van der Waals surface area (Å²) in [4.78, 5) is 23.9. The smallest absolute Gasteiger partial charge is 0.324 e. The second-order valence-electron chi connectivity index (χ2n) is 7.90. The number of benzene rings is 1. The van der Waals surface area contributed by atoms with Crippen LogP contribution in [0.5, 0.6) is 5.75 Å². The van der Waals surface area contributed by atoms with Gasteiger partial charge in [0.1, 0.15) is 6.54 Å². The van der Waals surface area contributed by atoms with Crippen LogP contribution in [-0.2, 0) is 14.6 Å². The molecule has 0 bridgehead atoms. The molecule has 1 saturated heterocycles. The summed E-state index contributed by atoms with van der Waals surface area (Å²) in [5.41, 5.74) is 0.707. The number of ether oxygens (including phenoxy) is 1. The minimum absolute atomic E-state index is 0.0134. The number of sulfone groups is 1. The maximum Gasteiger partial charge on any atom is 0.324 e. The maximum absolute atomic E-state index is 13.9. The average molecular weight is 441 g/mol. The second-order valence-corrected chi connectivity index (χ2v) is 10.1. The van der Waals surface area contributed by atoms with Gasteiger partial charge in [-0.1, -0.05) is 39.0 Å². The molecule has 30 heavy (non-hydrogen) atoms. The maximum atomic E-state index is 13.9. The van der Waals surface area contributed by atoms with Gasteiger partial charge in [-0.2, -0.15) is 0 Å². The lowest BCUT2D eigenvalue weighted by molar-refractivity contribution is -0.118. The number of imide groups is 1. The topological polar surface area (TPSA) is 92.8 Å². The Bertz CT molecular complexity index is 899. The van der Waals surface area contributed by atoms with E-state index < -0.39 is 21.7 Å². The molecular formula is C21H29FN2O5S. The van der Waals surface area contributed by atoms with E-state index in [1.165, 1.54) is 11.0 Å². The standard InChI is InChI=1S/C21H29FN2O5S/c1-15(2)13-29-19-11-17(7-8-18(19)22)16(3)14-30(27,28)10-6-4-5-9-24-12-20(25)23-21(24)26/h4-5,7-8,11,15-16H,6,9-10,12-14H2,1-3H3,(H,23,25,26)/b5-4+/t16-/m0/s1. The molecule has 1 aromatic rings. The molecular weight excluding hydrogens is 411 g/mol. The van der Waals surface area contributed by atoms with Crippen LogP contribution in [0.4, 0.5) is 9.18 Å². The summed E-state index contributed by atoms with van der Waals surface area (Å²) in [7, 11) is -3.33. The third-order valence-corrected chi connectivity index (χ3v) is 6.42. The zero-order valence-corrected chi connectivity index (χ0v) is 18.4. The number of rotatable bonds is 11. The lowest BCUT2D eigenvalue weighted by Crippen LogP contribution is -2.28. The minimum atomic E-state index is -3.33. The van der Waals surface area contributed by atoms with E-state index in [0.717, 1.165) is 0 Å². The summed E-state index contributed by atoms with van der Waals surface area (Å²) in [6.07, 6.45) is 3.67. The summed E-state index contributed by atoms with van der Waals surface area (Å²) < 4.78 is 44.3. The van der Waals surface area contributed by atoms with Crippen LogP contribution in [0.2, 0.25) is 0 Å². The van der Waals surface area contributed by atoms with Gasteiger partial charge in [0.05, 0.1) is 18.1 Å². The van der Waals surface area contributed by atoms with E-state index in [4.69, 9.17) is 4.74 Å². The molecule has 0 unspecified atom stereocenters. The van der Waals surface area contributed by atoms with Crippen molar-refractivity contribution < 1.29 is 27.1 Å². The van der Waals surface area contributed by atoms with Crippen molar-refractivity contribution in [3.8, 4) is 5.75 Å². The van der Waals surface area contributed by atoms with Gasteiger partial charge in [0, 0.05) is 6.54 Å². The summed E-state index contributed by atoms with van der Waals surface area (Å²) in [5.74, 6) is -0.815. The highest BCUT2D eigenvalue weighted by Crippen LogP contribution is 2.25. The van der Waals surface area contributed by atoms with Crippen LogP contribution < -0.4 is 10.1 Å². The molecule has 0 aromatic heterocycles. The first-order valence-corrected chi connectivity index (χ1v) is 11.8. The van der Waals surface area contributed by atoms with Crippen molar-refractivity contribution in [1.29, 1.82) is 0 Å². The third-order valence-electron chi connectivity index (χ3n) is 4.56. The van der Waals surface area contributed by atoms with E-state index in [9.17, 15) is 22.4 Å². The lowest BCUT2D eigenvalue weighted by atomic mass is 10.0. The number of carbonyl (C=O) groups excluding carboxylic acids is 2. The number of hydrogen-bond donors (Lipinski definition) is 1. The monoisotopic (exact) mass is 440 g/mol. The first-order valence-electron chi connectivity index (χ1n) is 9.94. The summed E-state index contributed by atoms with van der Waals surface area (Å²) >= 11 is 0. The Labute approximate surface area is 177 Å². The molecule has 2 rings (SSSR count). The third kappa shape index (κ3) is 7.44. The molecule has 1 N–H and O–H groups in total. The van der Waals surface area contributed by atoms with Gasteiger partial charge >= 0.3 is 6.03 Å². The number of nitrogens with zero attached hydrogens (tertiary/aromatic N) is 1. The highest BCUT2D eigenvalue weighted by Gasteiger charge is 2.25. The van der Waals surface area contributed by atoms with Crippen LogP contribution in [0, 0.1) is 11.7 Å². The van der Waals surface area contributed by atoms with E-state index in [1.807, 2.05) is 13.8 Å². The van der Waals surface area contributed by atoms with Gasteiger partial charge in [-0.15, -0.1) is 0 Å². The van der Waals surface area contributed by atoms with E-state index in [0.29, 0.717) is 18.6 Å². The quantitative estimate of drug-likeness (QED) is 0.422. The number of amides is 3. The van der Waals surface area contributed by atoms with Crippen LogP contribution in [0.3, 0.4) is 0 Å². The van der Waals surface area contributed by atoms with Gasteiger partial charge in [-0.25, -0.2) is 17.6 Å². The van der Waals surface area contributed by atoms with Gasteiger partial charge < -0.3 is 9.64 Å². The predicted octanol–water partition coefficient (Wildman–Crippen LogP) is 2.88. The van der Waals surface area contributed by atoms with Crippen molar-refractivity contribution in [2.45, 2.75) is 33.1 Å². The molecule has 0 radical (unpaired) electrons. The Morgan fingerprint density at radius 3 is 2.60 bits per heavy atom. The lowest BCUT2D eigenvalue weighted by Gasteiger charge is -2.15. The molecule has 1 heterocycles. The van der Waals surface area contributed by atoms with Gasteiger partial charge in [-0.05, 0) is 36.0 Å². The number of allylic oxidation sites excluding steroid dienone is 1. The number of nitrogens with one attached hydrogen (secondary N) is 1. The number of hydrogen-bond acceptors (Lipinski definition) is 5. The van der Waals surface area contributed by atoms with Crippen molar-refractivity contribution in [2.24, 2.45) is 5.92 Å². The van der Waals surface area contributed by atoms with E-state index in [1.54, 1.807) is 31.2 Å². The van der Waals surface area contributed by atoms with E-state index >= 15 is 0 Å².